The standard InChI is InChI=1S/C5H11N.C4H9NO.C4H9N.3C2H6/c1-2-4-6-5-3-1;1-3-6-4-2-5-1;1-2-4-5-3-1;3*1-2/h6H,1-5H2;5H,1-4H2;5H,1-4H2;3*1-2H3. The van der Waals surface area contributed by atoms with Crippen molar-refractivity contribution in [3.63, 3.8) is 0 Å². The van der Waals surface area contributed by atoms with Gasteiger partial charge in [-0.3, -0.25) is 0 Å². The normalized spacial score (nSPS) is 18.5. The lowest BCUT2D eigenvalue weighted by atomic mass is 10.2. The summed E-state index contributed by atoms with van der Waals surface area (Å²) in [5.41, 5.74) is 0. The van der Waals surface area contributed by atoms with Gasteiger partial charge in [0, 0.05) is 13.1 Å². The number of hydrogen-bond donors (Lipinski definition) is 3. The van der Waals surface area contributed by atoms with E-state index in [0.717, 1.165) is 26.3 Å². The van der Waals surface area contributed by atoms with Crippen molar-refractivity contribution in [1.82, 2.24) is 16.0 Å². The van der Waals surface area contributed by atoms with Gasteiger partial charge in [-0.15, -0.1) is 0 Å². The van der Waals surface area contributed by atoms with E-state index in [9.17, 15) is 0 Å². The molecule has 0 aromatic heterocycles. The van der Waals surface area contributed by atoms with E-state index in [1.165, 1.54) is 58.3 Å². The Hall–Kier alpha value is -0.160. The lowest BCUT2D eigenvalue weighted by Gasteiger charge is -2.10. The molecule has 3 rings (SSSR count). The monoisotopic (exact) mass is 333 g/mol. The smallest absolute Gasteiger partial charge is 0.0591 e. The minimum absolute atomic E-state index is 0.889. The third-order valence-electron chi connectivity index (χ3n) is 3.01. The van der Waals surface area contributed by atoms with Crippen LogP contribution in [0.15, 0.2) is 0 Å². The maximum absolute atomic E-state index is 5.01. The number of hydrogen-bond acceptors (Lipinski definition) is 4. The summed E-state index contributed by atoms with van der Waals surface area (Å²) in [5, 5.41) is 9.67. The van der Waals surface area contributed by atoms with Crippen LogP contribution in [0.4, 0.5) is 0 Å². The highest BCUT2D eigenvalue weighted by Crippen LogP contribution is 1.96. The van der Waals surface area contributed by atoms with Gasteiger partial charge in [-0.25, -0.2) is 0 Å². The largest absolute Gasteiger partial charge is 0.379 e. The first-order valence-corrected chi connectivity index (χ1v) is 10.2. The minimum atomic E-state index is 0.889. The lowest BCUT2D eigenvalue weighted by molar-refractivity contribution is 0.109. The van der Waals surface area contributed by atoms with Crippen LogP contribution < -0.4 is 16.0 Å². The van der Waals surface area contributed by atoms with E-state index in [0.29, 0.717) is 0 Å². The molecule has 0 aliphatic carbocycles. The van der Waals surface area contributed by atoms with Crippen LogP contribution in [-0.4, -0.2) is 52.5 Å². The molecule has 0 amide bonds. The molecule has 3 aliphatic rings. The van der Waals surface area contributed by atoms with Crippen LogP contribution in [0.25, 0.3) is 0 Å². The van der Waals surface area contributed by atoms with E-state index >= 15 is 0 Å². The molecule has 0 saturated carbocycles. The fourth-order valence-corrected chi connectivity index (χ4v) is 1.94. The second-order valence-electron chi connectivity index (χ2n) is 4.63. The van der Waals surface area contributed by atoms with Crippen LogP contribution in [0.1, 0.15) is 73.6 Å². The van der Waals surface area contributed by atoms with Crippen molar-refractivity contribution >= 4 is 0 Å². The quantitative estimate of drug-likeness (QED) is 0.631. The minimum Gasteiger partial charge on any atom is -0.379 e. The van der Waals surface area contributed by atoms with Gasteiger partial charge in [0.05, 0.1) is 13.2 Å². The topological polar surface area (TPSA) is 45.3 Å². The number of ether oxygens (including phenoxy) is 1. The summed E-state index contributed by atoms with van der Waals surface area (Å²) in [6.07, 6.45) is 6.99. The first kappa shape index (κ1) is 27.7. The molecular weight excluding hydrogens is 286 g/mol. The Balaban J connectivity index is -0.000000225. The maximum atomic E-state index is 5.01. The van der Waals surface area contributed by atoms with Gasteiger partial charge in [0.25, 0.3) is 0 Å². The average molecular weight is 334 g/mol. The molecule has 4 heteroatoms. The highest BCUT2D eigenvalue weighted by molar-refractivity contribution is 4.56. The zero-order valence-electron chi connectivity index (χ0n) is 17.1. The number of morpholine rings is 1. The van der Waals surface area contributed by atoms with Gasteiger partial charge < -0.3 is 20.7 Å². The Morgan fingerprint density at radius 1 is 0.435 bits per heavy atom. The molecule has 4 nitrogen and oxygen atoms in total. The van der Waals surface area contributed by atoms with Gasteiger partial charge >= 0.3 is 0 Å². The van der Waals surface area contributed by atoms with Gasteiger partial charge in [0.1, 0.15) is 0 Å². The molecule has 3 saturated heterocycles. The highest BCUT2D eigenvalue weighted by Gasteiger charge is 1.94. The molecule has 0 atom stereocenters. The second-order valence-corrected chi connectivity index (χ2v) is 4.63. The summed E-state index contributed by atoms with van der Waals surface area (Å²) in [6, 6.07) is 0. The van der Waals surface area contributed by atoms with E-state index in [-0.39, 0.29) is 0 Å². The van der Waals surface area contributed by atoms with Gasteiger partial charge in [-0.2, -0.15) is 0 Å². The first-order valence-electron chi connectivity index (χ1n) is 10.2. The van der Waals surface area contributed by atoms with Crippen LogP contribution in [0.2, 0.25) is 0 Å². The van der Waals surface area contributed by atoms with Crippen molar-refractivity contribution in [2.24, 2.45) is 0 Å². The van der Waals surface area contributed by atoms with E-state index in [1.807, 2.05) is 41.5 Å². The van der Waals surface area contributed by atoms with Crippen LogP contribution in [-0.2, 0) is 4.74 Å². The molecule has 144 valence electrons. The summed E-state index contributed by atoms with van der Waals surface area (Å²) >= 11 is 0. The average Bonchev–Trinajstić information content (AvgIpc) is 3.30. The molecule has 3 heterocycles. The van der Waals surface area contributed by atoms with Crippen molar-refractivity contribution in [2.75, 3.05) is 52.5 Å². The molecule has 0 aromatic carbocycles. The SMILES string of the molecule is C1CCNC1.C1CCNCC1.C1COCCN1.CC.CC.CC. The number of rotatable bonds is 0. The molecular formula is C19H47N3O. The lowest BCUT2D eigenvalue weighted by Crippen LogP contribution is -2.30. The van der Waals surface area contributed by atoms with Crippen LogP contribution in [0.5, 0.6) is 0 Å². The Kier molecular flexibility index (Phi) is 40.2. The predicted octanol–water partition coefficient (Wildman–Crippen LogP) is 3.81. The van der Waals surface area contributed by atoms with E-state index in [2.05, 4.69) is 16.0 Å². The molecule has 3 fully saturated rings. The van der Waals surface area contributed by atoms with Crippen molar-refractivity contribution in [2.45, 2.75) is 73.6 Å². The third-order valence-corrected chi connectivity index (χ3v) is 3.01. The fourth-order valence-electron chi connectivity index (χ4n) is 1.94. The van der Waals surface area contributed by atoms with Crippen molar-refractivity contribution in [3.05, 3.63) is 0 Å². The summed E-state index contributed by atoms with van der Waals surface area (Å²) in [7, 11) is 0. The maximum Gasteiger partial charge on any atom is 0.0591 e. The van der Waals surface area contributed by atoms with Crippen LogP contribution in [0.3, 0.4) is 0 Å². The van der Waals surface area contributed by atoms with Crippen molar-refractivity contribution in [1.29, 1.82) is 0 Å². The Bertz CT molecular complexity index is 103. The molecule has 0 radical (unpaired) electrons. The van der Waals surface area contributed by atoms with Gasteiger partial charge in [0.2, 0.25) is 0 Å². The summed E-state index contributed by atoms with van der Waals surface area (Å²) in [5.74, 6) is 0. The Morgan fingerprint density at radius 3 is 0.870 bits per heavy atom. The molecule has 0 bridgehead atoms. The third kappa shape index (κ3) is 30.3. The fraction of sp³-hybridized carbons (Fsp3) is 1.00. The van der Waals surface area contributed by atoms with Crippen molar-refractivity contribution < 1.29 is 4.74 Å². The van der Waals surface area contributed by atoms with Gasteiger partial charge in [-0.1, -0.05) is 48.0 Å². The summed E-state index contributed by atoms with van der Waals surface area (Å²) in [4.78, 5) is 0. The van der Waals surface area contributed by atoms with E-state index in [1.54, 1.807) is 0 Å². The number of piperidine rings is 1. The second kappa shape index (κ2) is 33.4. The molecule has 0 spiro atoms. The molecule has 0 aromatic rings. The van der Waals surface area contributed by atoms with E-state index < -0.39 is 0 Å². The Morgan fingerprint density at radius 2 is 0.739 bits per heavy atom. The van der Waals surface area contributed by atoms with Gasteiger partial charge in [-0.05, 0) is 51.9 Å². The van der Waals surface area contributed by atoms with Crippen LogP contribution in [0, 0.1) is 0 Å². The first-order chi connectivity index (χ1) is 11.5. The summed E-state index contributed by atoms with van der Waals surface area (Å²) in [6.45, 7) is 20.8. The molecule has 23 heavy (non-hydrogen) atoms. The van der Waals surface area contributed by atoms with Crippen molar-refractivity contribution in [3.8, 4) is 0 Å². The Labute approximate surface area is 147 Å². The molecule has 0 unspecified atom stereocenters. The molecule has 3 aliphatic heterocycles. The van der Waals surface area contributed by atoms with Gasteiger partial charge in [0.15, 0.2) is 0 Å². The summed E-state index contributed by atoms with van der Waals surface area (Å²) < 4.78 is 5.01. The zero-order chi connectivity index (χ0) is 18.0. The van der Waals surface area contributed by atoms with E-state index in [4.69, 9.17) is 4.74 Å². The number of nitrogens with one attached hydrogen (secondary N) is 3. The zero-order valence-corrected chi connectivity index (χ0v) is 17.1. The van der Waals surface area contributed by atoms with Crippen LogP contribution >= 0.6 is 0 Å². The molecule has 3 N–H and O–H groups in total. The highest BCUT2D eigenvalue weighted by atomic mass is 16.5. The predicted molar refractivity (Wildman–Crippen MR) is 107 cm³/mol.